The molecule has 1 amide bonds. The molecular formula is C19H28N2O. The van der Waals surface area contributed by atoms with E-state index in [0.717, 1.165) is 32.2 Å². The van der Waals surface area contributed by atoms with Gasteiger partial charge in [0.25, 0.3) is 0 Å². The van der Waals surface area contributed by atoms with Crippen molar-refractivity contribution in [2.24, 2.45) is 0 Å². The quantitative estimate of drug-likeness (QED) is 0.927. The lowest BCUT2D eigenvalue weighted by Crippen LogP contribution is -2.49. The maximum Gasteiger partial charge on any atom is 0.237 e. The van der Waals surface area contributed by atoms with E-state index in [9.17, 15) is 4.79 Å². The predicted octanol–water partition coefficient (Wildman–Crippen LogP) is 3.06. The average Bonchev–Trinajstić information content (AvgIpc) is 3.23. The van der Waals surface area contributed by atoms with Gasteiger partial charge in [-0.1, -0.05) is 42.7 Å². The predicted molar refractivity (Wildman–Crippen MR) is 89.9 cm³/mol. The SMILES string of the molecule is Cc1cccc(CC2(NC(=O)[C@@H]3CCCCCN3C)CC2)c1. The van der Waals surface area contributed by atoms with Crippen LogP contribution in [0.2, 0.25) is 0 Å². The second-order valence-electron chi connectivity index (χ2n) is 7.28. The van der Waals surface area contributed by atoms with Crippen molar-refractivity contribution in [3.8, 4) is 0 Å². The van der Waals surface area contributed by atoms with Crippen molar-refractivity contribution in [3.05, 3.63) is 35.4 Å². The summed E-state index contributed by atoms with van der Waals surface area (Å²) in [4.78, 5) is 15.0. The fourth-order valence-corrected chi connectivity index (χ4v) is 3.64. The standard InChI is InChI=1S/C19H28N2O/c1-15-7-6-8-16(13-15)14-19(10-11-19)20-18(22)17-9-4-3-5-12-21(17)2/h6-8,13,17H,3-5,9-12,14H2,1-2H3,(H,20,22)/t17-/m0/s1. The van der Waals surface area contributed by atoms with E-state index in [1.165, 1.54) is 30.4 Å². The molecule has 2 fully saturated rings. The fourth-order valence-electron chi connectivity index (χ4n) is 3.64. The number of carbonyl (C=O) groups is 1. The van der Waals surface area contributed by atoms with E-state index >= 15 is 0 Å². The molecule has 1 saturated heterocycles. The number of hydrogen-bond donors (Lipinski definition) is 1. The van der Waals surface area contributed by atoms with Gasteiger partial charge >= 0.3 is 0 Å². The number of rotatable bonds is 4. The number of carbonyl (C=O) groups excluding carboxylic acids is 1. The molecule has 1 atom stereocenters. The molecule has 3 heteroatoms. The van der Waals surface area contributed by atoms with E-state index in [-0.39, 0.29) is 17.5 Å². The summed E-state index contributed by atoms with van der Waals surface area (Å²) < 4.78 is 0. The molecule has 0 radical (unpaired) electrons. The summed E-state index contributed by atoms with van der Waals surface area (Å²) in [7, 11) is 2.09. The van der Waals surface area contributed by atoms with E-state index < -0.39 is 0 Å². The van der Waals surface area contributed by atoms with Crippen molar-refractivity contribution in [1.82, 2.24) is 10.2 Å². The van der Waals surface area contributed by atoms with Crippen LogP contribution in [0, 0.1) is 6.92 Å². The zero-order valence-electron chi connectivity index (χ0n) is 13.9. The molecule has 3 rings (SSSR count). The molecule has 1 heterocycles. The van der Waals surface area contributed by atoms with Gasteiger partial charge in [-0.25, -0.2) is 0 Å². The third-order valence-corrected chi connectivity index (χ3v) is 5.19. The van der Waals surface area contributed by atoms with Crippen LogP contribution >= 0.6 is 0 Å². The summed E-state index contributed by atoms with van der Waals surface area (Å²) >= 11 is 0. The molecule has 1 aromatic carbocycles. The van der Waals surface area contributed by atoms with Crippen LogP contribution in [0.1, 0.15) is 49.7 Å². The second kappa shape index (κ2) is 6.41. The molecule has 3 nitrogen and oxygen atoms in total. The van der Waals surface area contributed by atoms with Crippen LogP contribution in [-0.4, -0.2) is 36.0 Å². The molecule has 1 aliphatic carbocycles. The van der Waals surface area contributed by atoms with Crippen LogP contribution in [0.3, 0.4) is 0 Å². The van der Waals surface area contributed by atoms with Gasteiger partial charge in [0.05, 0.1) is 6.04 Å². The topological polar surface area (TPSA) is 32.3 Å². The number of aryl methyl sites for hydroxylation is 1. The van der Waals surface area contributed by atoms with Crippen LogP contribution in [0.15, 0.2) is 24.3 Å². The highest BCUT2D eigenvalue weighted by Crippen LogP contribution is 2.39. The van der Waals surface area contributed by atoms with Crippen molar-refractivity contribution in [2.75, 3.05) is 13.6 Å². The Morgan fingerprint density at radius 1 is 1.32 bits per heavy atom. The third kappa shape index (κ3) is 3.70. The van der Waals surface area contributed by atoms with Crippen molar-refractivity contribution >= 4 is 5.91 Å². The molecule has 120 valence electrons. The number of hydrogen-bond acceptors (Lipinski definition) is 2. The van der Waals surface area contributed by atoms with Crippen LogP contribution in [-0.2, 0) is 11.2 Å². The number of likely N-dealkylation sites (N-methyl/N-ethyl adjacent to an activating group) is 1. The molecule has 1 N–H and O–H groups in total. The number of benzene rings is 1. The smallest absolute Gasteiger partial charge is 0.237 e. The first-order chi connectivity index (χ1) is 10.6. The van der Waals surface area contributed by atoms with Gasteiger partial charge in [0, 0.05) is 5.54 Å². The summed E-state index contributed by atoms with van der Waals surface area (Å²) in [6.07, 6.45) is 7.84. The minimum Gasteiger partial charge on any atom is -0.349 e. The number of nitrogens with zero attached hydrogens (tertiary/aromatic N) is 1. The number of nitrogens with one attached hydrogen (secondary N) is 1. The Kier molecular flexibility index (Phi) is 4.53. The lowest BCUT2D eigenvalue weighted by molar-refractivity contribution is -0.127. The Bertz CT molecular complexity index is 536. The Labute approximate surface area is 134 Å². The van der Waals surface area contributed by atoms with E-state index in [4.69, 9.17) is 0 Å². The number of likely N-dealkylation sites (tertiary alicyclic amines) is 1. The zero-order chi connectivity index (χ0) is 15.6. The average molecular weight is 300 g/mol. The van der Waals surface area contributed by atoms with E-state index in [1.54, 1.807) is 0 Å². The fraction of sp³-hybridized carbons (Fsp3) is 0.632. The van der Waals surface area contributed by atoms with Gasteiger partial charge in [0.15, 0.2) is 0 Å². The summed E-state index contributed by atoms with van der Waals surface area (Å²) in [5.74, 6) is 0.245. The van der Waals surface area contributed by atoms with Crippen LogP contribution in [0.25, 0.3) is 0 Å². The van der Waals surface area contributed by atoms with Gasteiger partial charge in [-0.05, 0) is 58.2 Å². The third-order valence-electron chi connectivity index (χ3n) is 5.19. The maximum atomic E-state index is 12.7. The van der Waals surface area contributed by atoms with Gasteiger partial charge in [0.1, 0.15) is 0 Å². The largest absolute Gasteiger partial charge is 0.349 e. The summed E-state index contributed by atoms with van der Waals surface area (Å²) in [6, 6.07) is 8.72. The van der Waals surface area contributed by atoms with Crippen LogP contribution in [0.4, 0.5) is 0 Å². The Morgan fingerprint density at radius 2 is 2.14 bits per heavy atom. The first kappa shape index (κ1) is 15.5. The Balaban J connectivity index is 1.63. The molecule has 0 spiro atoms. The summed E-state index contributed by atoms with van der Waals surface area (Å²) in [5.41, 5.74) is 2.66. The first-order valence-corrected chi connectivity index (χ1v) is 8.66. The minimum absolute atomic E-state index is 0.0258. The molecule has 1 saturated carbocycles. The van der Waals surface area contributed by atoms with Gasteiger partial charge in [-0.3, -0.25) is 9.69 Å². The highest BCUT2D eigenvalue weighted by atomic mass is 16.2. The monoisotopic (exact) mass is 300 g/mol. The number of amides is 1. The van der Waals surface area contributed by atoms with Gasteiger partial charge < -0.3 is 5.32 Å². The van der Waals surface area contributed by atoms with Crippen LogP contribution < -0.4 is 5.32 Å². The highest BCUT2D eigenvalue weighted by Gasteiger charge is 2.45. The van der Waals surface area contributed by atoms with Crippen LogP contribution in [0.5, 0.6) is 0 Å². The van der Waals surface area contributed by atoms with Crippen molar-refractivity contribution < 1.29 is 4.79 Å². The molecule has 0 bridgehead atoms. The minimum atomic E-state index is 0.0258. The van der Waals surface area contributed by atoms with Crippen molar-refractivity contribution in [2.45, 2.75) is 63.5 Å². The molecule has 0 aromatic heterocycles. The van der Waals surface area contributed by atoms with Gasteiger partial charge in [0.2, 0.25) is 5.91 Å². The Hall–Kier alpha value is -1.35. The van der Waals surface area contributed by atoms with E-state index in [0.29, 0.717) is 0 Å². The molecule has 2 aliphatic rings. The van der Waals surface area contributed by atoms with Gasteiger partial charge in [-0.2, -0.15) is 0 Å². The lowest BCUT2D eigenvalue weighted by atomic mass is 10.0. The second-order valence-corrected chi connectivity index (χ2v) is 7.28. The highest BCUT2D eigenvalue weighted by molar-refractivity contribution is 5.83. The van der Waals surface area contributed by atoms with Crippen molar-refractivity contribution in [3.63, 3.8) is 0 Å². The molecule has 0 unspecified atom stereocenters. The summed E-state index contributed by atoms with van der Waals surface area (Å²) in [5, 5.41) is 3.38. The zero-order valence-corrected chi connectivity index (χ0v) is 13.9. The van der Waals surface area contributed by atoms with Gasteiger partial charge in [-0.15, -0.1) is 0 Å². The lowest BCUT2D eigenvalue weighted by Gasteiger charge is -2.27. The molecule has 1 aromatic rings. The Morgan fingerprint density at radius 3 is 2.86 bits per heavy atom. The first-order valence-electron chi connectivity index (χ1n) is 8.66. The van der Waals surface area contributed by atoms with Crippen molar-refractivity contribution in [1.29, 1.82) is 0 Å². The van der Waals surface area contributed by atoms with E-state index in [1.807, 2.05) is 0 Å². The van der Waals surface area contributed by atoms with E-state index in [2.05, 4.69) is 48.5 Å². The normalized spacial score (nSPS) is 24.5. The molecule has 1 aliphatic heterocycles. The maximum absolute atomic E-state index is 12.7. The molecule has 22 heavy (non-hydrogen) atoms. The summed E-state index contributed by atoms with van der Waals surface area (Å²) in [6.45, 7) is 3.17. The molecular weight excluding hydrogens is 272 g/mol.